The third-order valence-electron chi connectivity index (χ3n) is 3.09. The molecule has 0 heterocycles. The van der Waals surface area contributed by atoms with Crippen LogP contribution in [0.25, 0.3) is 6.08 Å². The summed E-state index contributed by atoms with van der Waals surface area (Å²) in [4.78, 5) is 28.0. The zero-order valence-electron chi connectivity index (χ0n) is 12.5. The van der Waals surface area contributed by atoms with Gasteiger partial charge < -0.3 is 4.84 Å². The highest BCUT2D eigenvalue weighted by molar-refractivity contribution is 5.94. The molecule has 0 saturated heterocycles. The molecule has 112 valence electrons. The lowest BCUT2D eigenvalue weighted by Crippen LogP contribution is -2.25. The molecule has 0 saturated carbocycles. The van der Waals surface area contributed by atoms with E-state index >= 15 is 0 Å². The first-order valence-electron chi connectivity index (χ1n) is 6.88. The Balaban J connectivity index is 1.90. The molecule has 0 spiro atoms. The van der Waals surface area contributed by atoms with Crippen LogP contribution >= 0.6 is 0 Å². The van der Waals surface area contributed by atoms with Crippen molar-refractivity contribution < 1.29 is 14.4 Å². The maximum absolute atomic E-state index is 11.7. The molecule has 1 N–H and O–H groups in total. The van der Waals surface area contributed by atoms with Gasteiger partial charge in [-0.15, -0.1) is 0 Å². The fourth-order valence-corrected chi connectivity index (χ4v) is 1.94. The van der Waals surface area contributed by atoms with E-state index in [1.807, 2.05) is 32.0 Å². The summed E-state index contributed by atoms with van der Waals surface area (Å²) < 4.78 is 0. The number of hydrogen-bond acceptors (Lipinski definition) is 3. The Labute approximate surface area is 129 Å². The van der Waals surface area contributed by atoms with Gasteiger partial charge in [-0.1, -0.05) is 42.0 Å². The number of carbonyl (C=O) groups is 2. The molecular weight excluding hydrogens is 278 g/mol. The van der Waals surface area contributed by atoms with Crippen LogP contribution in [0.5, 0.6) is 0 Å². The number of aryl methyl sites for hydroxylation is 2. The number of amides is 1. The van der Waals surface area contributed by atoms with Crippen LogP contribution in [-0.2, 0) is 9.63 Å². The van der Waals surface area contributed by atoms with Gasteiger partial charge in [-0.2, -0.15) is 5.48 Å². The summed E-state index contributed by atoms with van der Waals surface area (Å²) in [6.45, 7) is 3.98. The van der Waals surface area contributed by atoms with E-state index in [0.717, 1.165) is 16.7 Å². The van der Waals surface area contributed by atoms with E-state index in [1.54, 1.807) is 36.4 Å². The number of hydroxylamine groups is 1. The van der Waals surface area contributed by atoms with E-state index in [9.17, 15) is 9.59 Å². The van der Waals surface area contributed by atoms with E-state index in [-0.39, 0.29) is 0 Å². The first-order chi connectivity index (χ1) is 10.6. The fourth-order valence-electron chi connectivity index (χ4n) is 1.94. The molecule has 0 atom stereocenters. The Morgan fingerprint density at radius 3 is 2.45 bits per heavy atom. The Kier molecular flexibility index (Phi) is 5.09. The van der Waals surface area contributed by atoms with Gasteiger partial charge in [0.25, 0.3) is 5.91 Å². The Morgan fingerprint density at radius 2 is 1.77 bits per heavy atom. The van der Waals surface area contributed by atoms with E-state index < -0.39 is 11.9 Å². The van der Waals surface area contributed by atoms with Crippen molar-refractivity contribution in [1.82, 2.24) is 5.48 Å². The molecule has 0 aliphatic heterocycles. The summed E-state index contributed by atoms with van der Waals surface area (Å²) >= 11 is 0. The first kappa shape index (κ1) is 15.5. The minimum Gasteiger partial charge on any atom is -0.335 e. The highest BCUT2D eigenvalue weighted by atomic mass is 16.7. The predicted molar refractivity (Wildman–Crippen MR) is 85.0 cm³/mol. The number of carbonyl (C=O) groups excluding carboxylic acids is 2. The minimum absolute atomic E-state index is 0.376. The fraction of sp³-hybridized carbons (Fsp3) is 0.111. The van der Waals surface area contributed by atoms with Gasteiger partial charge in [-0.25, -0.2) is 4.79 Å². The highest BCUT2D eigenvalue weighted by Crippen LogP contribution is 2.11. The van der Waals surface area contributed by atoms with E-state index in [0.29, 0.717) is 5.56 Å². The van der Waals surface area contributed by atoms with Gasteiger partial charge in [0.15, 0.2) is 0 Å². The molecule has 22 heavy (non-hydrogen) atoms. The second-order valence-electron chi connectivity index (χ2n) is 4.92. The van der Waals surface area contributed by atoms with Gasteiger partial charge in [0, 0.05) is 6.08 Å². The Bertz CT molecular complexity index is 706. The van der Waals surface area contributed by atoms with Crippen molar-refractivity contribution >= 4 is 18.0 Å². The molecule has 0 aromatic heterocycles. The maximum atomic E-state index is 11.7. The SMILES string of the molecule is Cc1ccc(C=CC(=O)NOC(=O)c2ccccc2)c(C)c1. The number of nitrogens with one attached hydrogen (secondary N) is 1. The van der Waals surface area contributed by atoms with Crippen LogP contribution in [0, 0.1) is 13.8 Å². The van der Waals surface area contributed by atoms with Gasteiger partial charge in [0.1, 0.15) is 0 Å². The third kappa shape index (κ3) is 4.31. The zero-order valence-corrected chi connectivity index (χ0v) is 12.5. The average Bonchev–Trinajstić information content (AvgIpc) is 2.52. The van der Waals surface area contributed by atoms with E-state index in [1.165, 1.54) is 6.08 Å². The molecule has 0 unspecified atom stereocenters. The van der Waals surface area contributed by atoms with Crippen molar-refractivity contribution in [1.29, 1.82) is 0 Å². The summed E-state index contributed by atoms with van der Waals surface area (Å²) in [5.74, 6) is -1.10. The monoisotopic (exact) mass is 295 g/mol. The van der Waals surface area contributed by atoms with Crippen LogP contribution in [0.1, 0.15) is 27.0 Å². The van der Waals surface area contributed by atoms with Gasteiger partial charge in [0.2, 0.25) is 0 Å². The minimum atomic E-state index is -0.603. The van der Waals surface area contributed by atoms with Gasteiger partial charge in [-0.05, 0) is 43.2 Å². The van der Waals surface area contributed by atoms with Crippen LogP contribution in [0.15, 0.2) is 54.6 Å². The van der Waals surface area contributed by atoms with Crippen molar-refractivity contribution in [3.8, 4) is 0 Å². The molecule has 0 aliphatic rings. The molecule has 1 amide bonds. The van der Waals surface area contributed by atoms with Gasteiger partial charge in [-0.3, -0.25) is 4.79 Å². The van der Waals surface area contributed by atoms with Crippen LogP contribution in [0.3, 0.4) is 0 Å². The number of hydrogen-bond donors (Lipinski definition) is 1. The molecule has 2 rings (SSSR count). The summed E-state index contributed by atoms with van der Waals surface area (Å²) in [6.07, 6.45) is 3.01. The summed E-state index contributed by atoms with van der Waals surface area (Å²) in [5.41, 5.74) is 5.66. The van der Waals surface area contributed by atoms with Crippen LogP contribution in [0.4, 0.5) is 0 Å². The van der Waals surface area contributed by atoms with Crippen LogP contribution in [0.2, 0.25) is 0 Å². The molecule has 4 nitrogen and oxygen atoms in total. The molecule has 4 heteroatoms. The Morgan fingerprint density at radius 1 is 1.05 bits per heavy atom. The molecule has 2 aromatic carbocycles. The lowest BCUT2D eigenvalue weighted by Gasteiger charge is -2.04. The standard InChI is InChI=1S/C18H17NO3/c1-13-8-9-15(14(2)12-13)10-11-17(20)19-22-18(21)16-6-4-3-5-7-16/h3-12H,1-2H3,(H,19,20). The number of benzene rings is 2. The first-order valence-corrected chi connectivity index (χ1v) is 6.88. The predicted octanol–water partition coefficient (Wildman–Crippen LogP) is 3.20. The summed E-state index contributed by atoms with van der Waals surface area (Å²) in [6, 6.07) is 14.4. The molecule has 0 radical (unpaired) electrons. The normalized spacial score (nSPS) is 10.5. The molecule has 0 bridgehead atoms. The van der Waals surface area contributed by atoms with Gasteiger partial charge in [0.05, 0.1) is 5.56 Å². The molecule has 0 aliphatic carbocycles. The second kappa shape index (κ2) is 7.22. The lowest BCUT2D eigenvalue weighted by molar-refractivity contribution is -0.124. The van der Waals surface area contributed by atoms with Crippen molar-refractivity contribution in [3.05, 3.63) is 76.9 Å². The zero-order chi connectivity index (χ0) is 15.9. The van der Waals surface area contributed by atoms with Crippen molar-refractivity contribution in [2.24, 2.45) is 0 Å². The Hall–Kier alpha value is -2.88. The van der Waals surface area contributed by atoms with Crippen molar-refractivity contribution in [2.45, 2.75) is 13.8 Å². The van der Waals surface area contributed by atoms with Gasteiger partial charge >= 0.3 is 5.97 Å². The smallest absolute Gasteiger partial charge is 0.335 e. The highest BCUT2D eigenvalue weighted by Gasteiger charge is 2.07. The average molecular weight is 295 g/mol. The van der Waals surface area contributed by atoms with Crippen LogP contribution < -0.4 is 5.48 Å². The summed E-state index contributed by atoms with van der Waals surface area (Å²) in [7, 11) is 0. The number of rotatable bonds is 3. The van der Waals surface area contributed by atoms with Crippen molar-refractivity contribution in [3.63, 3.8) is 0 Å². The molecule has 2 aromatic rings. The lowest BCUT2D eigenvalue weighted by atomic mass is 10.1. The third-order valence-corrected chi connectivity index (χ3v) is 3.09. The quantitative estimate of drug-likeness (QED) is 0.699. The van der Waals surface area contributed by atoms with E-state index in [4.69, 9.17) is 4.84 Å². The molecule has 0 fully saturated rings. The van der Waals surface area contributed by atoms with Crippen molar-refractivity contribution in [2.75, 3.05) is 0 Å². The second-order valence-corrected chi connectivity index (χ2v) is 4.92. The molecular formula is C18H17NO3. The summed E-state index contributed by atoms with van der Waals surface area (Å²) in [5, 5.41) is 0. The topological polar surface area (TPSA) is 55.4 Å². The van der Waals surface area contributed by atoms with E-state index in [2.05, 4.69) is 5.48 Å². The maximum Gasteiger partial charge on any atom is 0.362 e. The largest absolute Gasteiger partial charge is 0.362 e. The van der Waals surface area contributed by atoms with Crippen LogP contribution in [-0.4, -0.2) is 11.9 Å².